The van der Waals surface area contributed by atoms with Gasteiger partial charge in [-0.3, -0.25) is 14.4 Å². The summed E-state index contributed by atoms with van der Waals surface area (Å²) in [5, 5.41) is 0. The fourth-order valence-corrected chi connectivity index (χ4v) is 2.20. The highest BCUT2D eigenvalue weighted by atomic mass is 16.5. The molecule has 0 radical (unpaired) electrons. The Balaban J connectivity index is 2.73. The Morgan fingerprint density at radius 1 is 1.47 bits per heavy atom. The minimum Gasteiger partial charge on any atom is -0.468 e. The number of nitrogens with zero attached hydrogens (tertiary/aromatic N) is 2. The summed E-state index contributed by atoms with van der Waals surface area (Å²) in [5.74, 6) is -0.939. The van der Waals surface area contributed by atoms with Crippen LogP contribution < -0.4 is 0 Å². The van der Waals surface area contributed by atoms with Crippen LogP contribution in [0.4, 0.5) is 0 Å². The first kappa shape index (κ1) is 15.5. The van der Waals surface area contributed by atoms with E-state index in [2.05, 4.69) is 4.74 Å². The van der Waals surface area contributed by atoms with E-state index in [-0.39, 0.29) is 36.7 Å². The molecule has 108 valence electrons. The number of rotatable bonds is 5. The van der Waals surface area contributed by atoms with Gasteiger partial charge in [-0.1, -0.05) is 0 Å². The number of carbonyl (C=O) groups excluding carboxylic acids is 3. The van der Waals surface area contributed by atoms with Crippen LogP contribution in [0, 0.1) is 5.92 Å². The molecule has 1 atom stereocenters. The van der Waals surface area contributed by atoms with Gasteiger partial charge in [-0.05, 0) is 20.8 Å². The Bertz CT molecular complexity index is 368. The molecule has 1 saturated heterocycles. The normalized spacial score (nSPS) is 18.9. The van der Waals surface area contributed by atoms with Crippen molar-refractivity contribution in [2.24, 2.45) is 5.92 Å². The highest BCUT2D eigenvalue weighted by Gasteiger charge is 2.36. The maximum atomic E-state index is 12.4. The van der Waals surface area contributed by atoms with E-state index in [1.54, 1.807) is 4.90 Å². The number of methoxy groups -OCH3 is 1. The summed E-state index contributed by atoms with van der Waals surface area (Å²) >= 11 is 0. The van der Waals surface area contributed by atoms with Crippen LogP contribution in [0.3, 0.4) is 0 Å². The predicted octanol–water partition coefficient (Wildman–Crippen LogP) is 0.265. The molecule has 0 aliphatic carbocycles. The molecule has 1 heterocycles. The molecule has 1 rings (SSSR count). The van der Waals surface area contributed by atoms with Crippen molar-refractivity contribution in [3.05, 3.63) is 0 Å². The van der Waals surface area contributed by atoms with E-state index < -0.39 is 5.97 Å². The van der Waals surface area contributed by atoms with Gasteiger partial charge in [-0.2, -0.15) is 0 Å². The molecule has 2 amide bonds. The van der Waals surface area contributed by atoms with E-state index in [9.17, 15) is 14.4 Å². The third-order valence-electron chi connectivity index (χ3n) is 3.38. The van der Waals surface area contributed by atoms with Gasteiger partial charge >= 0.3 is 5.97 Å². The molecular formula is C13H22N2O4. The molecule has 6 nitrogen and oxygen atoms in total. The predicted molar refractivity (Wildman–Crippen MR) is 69.2 cm³/mol. The minimum atomic E-state index is -0.446. The number of amides is 2. The topological polar surface area (TPSA) is 66.9 Å². The summed E-state index contributed by atoms with van der Waals surface area (Å²) in [5.41, 5.74) is 0. The van der Waals surface area contributed by atoms with Gasteiger partial charge in [0.05, 0.1) is 13.0 Å². The largest absolute Gasteiger partial charge is 0.468 e. The number of esters is 1. The quantitative estimate of drug-likeness (QED) is 0.672. The summed E-state index contributed by atoms with van der Waals surface area (Å²) in [6.07, 6.45) is 0.233. The number of ether oxygens (including phenoxy) is 1. The average Bonchev–Trinajstić information content (AvgIpc) is 2.75. The van der Waals surface area contributed by atoms with Gasteiger partial charge in [0.2, 0.25) is 11.8 Å². The monoisotopic (exact) mass is 270 g/mol. The fourth-order valence-electron chi connectivity index (χ4n) is 2.20. The maximum absolute atomic E-state index is 12.4. The molecule has 0 N–H and O–H groups in total. The van der Waals surface area contributed by atoms with E-state index in [1.165, 1.54) is 12.0 Å². The number of hydrogen-bond donors (Lipinski definition) is 0. The second-order valence-electron chi connectivity index (χ2n) is 4.97. The molecule has 1 aliphatic heterocycles. The zero-order valence-corrected chi connectivity index (χ0v) is 12.0. The first-order valence-corrected chi connectivity index (χ1v) is 6.55. The Morgan fingerprint density at radius 3 is 2.53 bits per heavy atom. The maximum Gasteiger partial charge on any atom is 0.325 e. The smallest absolute Gasteiger partial charge is 0.325 e. The highest BCUT2D eigenvalue weighted by molar-refractivity contribution is 5.90. The highest BCUT2D eigenvalue weighted by Crippen LogP contribution is 2.20. The summed E-state index contributed by atoms with van der Waals surface area (Å²) in [6.45, 7) is 6.56. The number of likely N-dealkylation sites (tertiary alicyclic amines) is 1. The van der Waals surface area contributed by atoms with Crippen molar-refractivity contribution in [3.8, 4) is 0 Å². The Labute approximate surface area is 113 Å². The lowest BCUT2D eigenvalue weighted by molar-refractivity contribution is -0.149. The van der Waals surface area contributed by atoms with Crippen LogP contribution in [0.15, 0.2) is 0 Å². The molecule has 0 spiro atoms. The Kier molecular flexibility index (Phi) is 5.32. The van der Waals surface area contributed by atoms with Gasteiger partial charge in [0.25, 0.3) is 0 Å². The Morgan fingerprint density at radius 2 is 2.11 bits per heavy atom. The number of hydrogen-bond acceptors (Lipinski definition) is 4. The molecule has 0 aromatic rings. The lowest BCUT2D eigenvalue weighted by atomic mass is 10.1. The third-order valence-corrected chi connectivity index (χ3v) is 3.38. The summed E-state index contributed by atoms with van der Waals surface area (Å²) < 4.78 is 4.60. The first-order valence-electron chi connectivity index (χ1n) is 6.55. The van der Waals surface area contributed by atoms with Crippen LogP contribution in [0.2, 0.25) is 0 Å². The number of carbonyl (C=O) groups is 3. The van der Waals surface area contributed by atoms with Crippen LogP contribution in [-0.2, 0) is 19.1 Å². The fraction of sp³-hybridized carbons (Fsp3) is 0.769. The van der Waals surface area contributed by atoms with Gasteiger partial charge in [-0.25, -0.2) is 0 Å². The molecule has 1 fully saturated rings. The standard InChI is InChI=1S/C13H22N2O4/c1-5-14-7-10(6-11(14)16)13(18)15(9(2)3)8-12(17)19-4/h9-10H,5-8H2,1-4H3. The van der Waals surface area contributed by atoms with Crippen LogP contribution in [0.1, 0.15) is 27.2 Å². The molecule has 19 heavy (non-hydrogen) atoms. The van der Waals surface area contributed by atoms with E-state index >= 15 is 0 Å². The molecule has 0 saturated carbocycles. The van der Waals surface area contributed by atoms with E-state index in [0.29, 0.717) is 13.1 Å². The van der Waals surface area contributed by atoms with Crippen LogP contribution >= 0.6 is 0 Å². The van der Waals surface area contributed by atoms with Crippen LogP contribution in [0.5, 0.6) is 0 Å². The molecule has 0 aromatic heterocycles. The van der Waals surface area contributed by atoms with Gasteiger partial charge in [0.15, 0.2) is 0 Å². The molecule has 0 bridgehead atoms. The van der Waals surface area contributed by atoms with E-state index in [4.69, 9.17) is 0 Å². The molecule has 1 unspecified atom stereocenters. The third kappa shape index (κ3) is 3.68. The molecular weight excluding hydrogens is 248 g/mol. The average molecular weight is 270 g/mol. The van der Waals surface area contributed by atoms with E-state index in [0.717, 1.165) is 0 Å². The van der Waals surface area contributed by atoms with Crippen LogP contribution in [0.25, 0.3) is 0 Å². The zero-order valence-electron chi connectivity index (χ0n) is 12.0. The second kappa shape index (κ2) is 6.54. The minimum absolute atomic E-state index is 0.00243. The second-order valence-corrected chi connectivity index (χ2v) is 4.97. The lowest BCUT2D eigenvalue weighted by Gasteiger charge is -2.28. The Hall–Kier alpha value is -1.59. The van der Waals surface area contributed by atoms with Gasteiger partial charge in [0, 0.05) is 25.6 Å². The van der Waals surface area contributed by atoms with Crippen molar-refractivity contribution in [1.29, 1.82) is 0 Å². The van der Waals surface area contributed by atoms with Crippen molar-refractivity contribution in [3.63, 3.8) is 0 Å². The van der Waals surface area contributed by atoms with Gasteiger partial charge in [0.1, 0.15) is 6.54 Å². The van der Waals surface area contributed by atoms with Crippen LogP contribution in [-0.4, -0.2) is 60.4 Å². The lowest BCUT2D eigenvalue weighted by Crippen LogP contribution is -2.44. The zero-order chi connectivity index (χ0) is 14.6. The summed E-state index contributed by atoms with van der Waals surface area (Å²) in [6, 6.07) is -0.0996. The van der Waals surface area contributed by atoms with Crippen molar-refractivity contribution < 1.29 is 19.1 Å². The molecule has 0 aromatic carbocycles. The molecule has 6 heteroatoms. The first-order chi connectivity index (χ1) is 8.90. The van der Waals surface area contributed by atoms with Crippen molar-refractivity contribution in [2.45, 2.75) is 33.2 Å². The van der Waals surface area contributed by atoms with Gasteiger partial charge < -0.3 is 14.5 Å². The van der Waals surface area contributed by atoms with Gasteiger partial charge in [-0.15, -0.1) is 0 Å². The molecule has 1 aliphatic rings. The summed E-state index contributed by atoms with van der Waals surface area (Å²) in [7, 11) is 1.29. The van der Waals surface area contributed by atoms with Crippen molar-refractivity contribution in [1.82, 2.24) is 9.80 Å². The van der Waals surface area contributed by atoms with Crippen molar-refractivity contribution in [2.75, 3.05) is 26.7 Å². The van der Waals surface area contributed by atoms with Crippen molar-refractivity contribution >= 4 is 17.8 Å². The SMILES string of the molecule is CCN1CC(C(=O)N(CC(=O)OC)C(C)C)CC1=O. The van der Waals surface area contributed by atoms with E-state index in [1.807, 2.05) is 20.8 Å². The summed E-state index contributed by atoms with van der Waals surface area (Å²) in [4.78, 5) is 38.5.